The number of aromatic nitrogens is 3. The molecule has 1 unspecified atom stereocenters. The highest BCUT2D eigenvalue weighted by Gasteiger charge is 2.25. The summed E-state index contributed by atoms with van der Waals surface area (Å²) >= 11 is 0. The van der Waals surface area contributed by atoms with Crippen molar-refractivity contribution in [2.45, 2.75) is 38.1 Å². The second kappa shape index (κ2) is 7.97. The molecule has 3 aromatic rings. The number of nitrogens with one attached hydrogen (secondary N) is 1. The van der Waals surface area contributed by atoms with E-state index < -0.39 is 0 Å². The van der Waals surface area contributed by atoms with Crippen LogP contribution in [0.2, 0.25) is 0 Å². The maximum Gasteiger partial charge on any atom is 0.247 e. The maximum absolute atomic E-state index is 11.2. The summed E-state index contributed by atoms with van der Waals surface area (Å²) in [6.45, 7) is 2.10. The molecule has 4 rings (SSSR count). The molecule has 28 heavy (non-hydrogen) atoms. The molecule has 0 spiro atoms. The second-order valence-electron chi connectivity index (χ2n) is 7.67. The molecule has 0 saturated heterocycles. The van der Waals surface area contributed by atoms with E-state index in [0.29, 0.717) is 11.8 Å². The minimum Gasteiger partial charge on any atom is -0.329 e. The van der Waals surface area contributed by atoms with Gasteiger partial charge >= 0.3 is 0 Å². The first-order valence-electron chi connectivity index (χ1n) is 9.91. The fourth-order valence-electron chi connectivity index (χ4n) is 4.03. The van der Waals surface area contributed by atoms with Crippen LogP contribution in [0.3, 0.4) is 0 Å². The Morgan fingerprint density at radius 3 is 2.79 bits per heavy atom. The summed E-state index contributed by atoms with van der Waals surface area (Å²) in [7, 11) is 1.98. The van der Waals surface area contributed by atoms with Crippen LogP contribution >= 0.6 is 0 Å². The molecule has 0 bridgehead atoms. The zero-order chi connectivity index (χ0) is 19.5. The van der Waals surface area contributed by atoms with E-state index in [0.717, 1.165) is 30.7 Å². The van der Waals surface area contributed by atoms with Crippen LogP contribution in [0, 0.1) is 5.92 Å². The van der Waals surface area contributed by atoms with Crippen molar-refractivity contribution in [2.75, 3.05) is 0 Å². The first-order chi connectivity index (χ1) is 13.6. The molecule has 144 valence electrons. The van der Waals surface area contributed by atoms with Gasteiger partial charge in [-0.2, -0.15) is 5.10 Å². The lowest BCUT2D eigenvalue weighted by Gasteiger charge is -2.09. The molecular weight excluding hydrogens is 348 g/mol. The average Bonchev–Trinajstić information content (AvgIpc) is 3.34. The highest BCUT2D eigenvalue weighted by atomic mass is 16.1. The molecule has 0 aliphatic heterocycles. The number of nitrogens with zero attached hydrogens (tertiary/aromatic N) is 3. The summed E-state index contributed by atoms with van der Waals surface area (Å²) in [6.07, 6.45) is 7.33. The molecule has 1 saturated carbocycles. The number of aryl methyl sites for hydroxylation is 1. The molecular formula is C23H26N4O. The first-order valence-corrected chi connectivity index (χ1v) is 9.91. The van der Waals surface area contributed by atoms with Gasteiger partial charge in [-0.1, -0.05) is 36.4 Å². The molecule has 2 heterocycles. The molecule has 1 N–H and O–H groups in total. The summed E-state index contributed by atoms with van der Waals surface area (Å²) in [5, 5.41) is 4.67. The highest BCUT2D eigenvalue weighted by molar-refractivity contribution is 5.63. The Morgan fingerprint density at radius 1 is 1.21 bits per heavy atom. The largest absolute Gasteiger partial charge is 0.329 e. The Morgan fingerprint density at radius 2 is 2.04 bits per heavy atom. The van der Waals surface area contributed by atoms with Crippen LogP contribution in [0.1, 0.15) is 49.4 Å². The van der Waals surface area contributed by atoms with E-state index in [2.05, 4.69) is 41.4 Å². The minimum absolute atomic E-state index is 0.0378. The van der Waals surface area contributed by atoms with Crippen LogP contribution < -0.4 is 5.56 Å². The highest BCUT2D eigenvalue weighted by Crippen LogP contribution is 2.37. The molecule has 1 aliphatic carbocycles. The summed E-state index contributed by atoms with van der Waals surface area (Å²) in [5.41, 5.74) is 4.45. The monoisotopic (exact) mass is 374 g/mol. The van der Waals surface area contributed by atoms with Gasteiger partial charge in [0.05, 0.1) is 17.4 Å². The Kier molecular flexibility index (Phi) is 5.24. The van der Waals surface area contributed by atoms with E-state index in [-0.39, 0.29) is 11.6 Å². The van der Waals surface area contributed by atoms with Crippen molar-refractivity contribution in [3.05, 3.63) is 76.3 Å². The smallest absolute Gasteiger partial charge is 0.247 e. The average molecular weight is 374 g/mol. The number of aliphatic imine (C=N–C) groups is 1. The van der Waals surface area contributed by atoms with Gasteiger partial charge in [0.15, 0.2) is 0 Å². The molecule has 1 aliphatic rings. The number of pyridine rings is 1. The van der Waals surface area contributed by atoms with E-state index >= 15 is 0 Å². The van der Waals surface area contributed by atoms with Gasteiger partial charge in [0, 0.05) is 25.5 Å². The van der Waals surface area contributed by atoms with Gasteiger partial charge < -0.3 is 4.98 Å². The van der Waals surface area contributed by atoms with Crippen molar-refractivity contribution >= 4 is 6.21 Å². The summed E-state index contributed by atoms with van der Waals surface area (Å²) < 4.78 is 1.93. The second-order valence-corrected chi connectivity index (χ2v) is 7.67. The lowest BCUT2D eigenvalue weighted by Crippen LogP contribution is -2.05. The van der Waals surface area contributed by atoms with Crippen LogP contribution in [0.15, 0.2) is 64.5 Å². The first kappa shape index (κ1) is 18.4. The summed E-state index contributed by atoms with van der Waals surface area (Å²) in [4.78, 5) is 18.8. The van der Waals surface area contributed by atoms with Crippen molar-refractivity contribution in [1.29, 1.82) is 0 Å². The molecule has 2 aromatic heterocycles. The predicted molar refractivity (Wildman–Crippen MR) is 113 cm³/mol. The van der Waals surface area contributed by atoms with E-state index in [1.807, 2.05) is 42.2 Å². The number of aromatic amines is 1. The van der Waals surface area contributed by atoms with Crippen molar-refractivity contribution in [2.24, 2.45) is 18.0 Å². The Labute approximate surface area is 165 Å². The van der Waals surface area contributed by atoms with E-state index in [9.17, 15) is 4.79 Å². The van der Waals surface area contributed by atoms with Crippen molar-refractivity contribution < 1.29 is 0 Å². The standard InChI is InChI=1S/C23H26N4O/c1-16(21-13-22(27(2)26-21)18-6-4-3-5-7-18)24-14-17-8-9-19(12-17)20-10-11-23(28)25-15-20/h3-7,10-11,13-17,19H,8-9,12H2,1-2H3,(H,25,28)/t16-,17?,19+/m1/s1. The van der Waals surface area contributed by atoms with Gasteiger partial charge in [-0.3, -0.25) is 14.5 Å². The molecule has 5 nitrogen and oxygen atoms in total. The minimum atomic E-state index is -0.0427. The molecule has 0 amide bonds. The molecule has 3 atom stereocenters. The third-order valence-corrected chi connectivity index (χ3v) is 5.67. The Hall–Kier alpha value is -2.95. The number of benzene rings is 1. The van der Waals surface area contributed by atoms with Crippen LogP contribution in [-0.2, 0) is 7.05 Å². The number of H-pyrrole nitrogens is 1. The van der Waals surface area contributed by atoms with Crippen LogP contribution in [0.25, 0.3) is 11.3 Å². The van der Waals surface area contributed by atoms with Crippen molar-refractivity contribution in [3.63, 3.8) is 0 Å². The maximum atomic E-state index is 11.2. The third kappa shape index (κ3) is 3.98. The van der Waals surface area contributed by atoms with E-state index in [4.69, 9.17) is 4.99 Å². The number of rotatable bonds is 5. The van der Waals surface area contributed by atoms with Gasteiger partial charge in [-0.05, 0) is 55.2 Å². The van der Waals surface area contributed by atoms with Gasteiger partial charge in [0.25, 0.3) is 0 Å². The number of hydrogen-bond acceptors (Lipinski definition) is 3. The third-order valence-electron chi connectivity index (χ3n) is 5.67. The Bertz CT molecular complexity index is 998. The number of hydrogen-bond donors (Lipinski definition) is 1. The van der Waals surface area contributed by atoms with E-state index in [1.165, 1.54) is 11.1 Å². The van der Waals surface area contributed by atoms with Crippen LogP contribution in [-0.4, -0.2) is 21.0 Å². The van der Waals surface area contributed by atoms with E-state index in [1.54, 1.807) is 6.07 Å². The quantitative estimate of drug-likeness (QED) is 0.669. The Balaban J connectivity index is 1.41. The molecule has 5 heteroatoms. The fourth-order valence-corrected chi connectivity index (χ4v) is 4.03. The van der Waals surface area contributed by atoms with Crippen molar-refractivity contribution in [1.82, 2.24) is 14.8 Å². The van der Waals surface area contributed by atoms with Gasteiger partial charge in [0.1, 0.15) is 0 Å². The van der Waals surface area contributed by atoms with Crippen LogP contribution in [0.5, 0.6) is 0 Å². The predicted octanol–water partition coefficient (Wildman–Crippen LogP) is 4.49. The zero-order valence-electron chi connectivity index (χ0n) is 16.4. The SMILES string of the molecule is C[C@@H](N=CC1CC[C@H](c2ccc(=O)[nH]c2)C1)c1cc(-c2ccccc2)n(C)n1. The normalized spacial score (nSPS) is 20.6. The van der Waals surface area contributed by atoms with Crippen molar-refractivity contribution in [3.8, 4) is 11.3 Å². The summed E-state index contributed by atoms with van der Waals surface area (Å²) in [6, 6.07) is 16.1. The topological polar surface area (TPSA) is 63.0 Å². The summed E-state index contributed by atoms with van der Waals surface area (Å²) in [5.74, 6) is 0.986. The van der Waals surface area contributed by atoms with Crippen LogP contribution in [0.4, 0.5) is 0 Å². The lowest BCUT2D eigenvalue weighted by molar-refractivity contribution is 0.676. The van der Waals surface area contributed by atoms with Gasteiger partial charge in [-0.15, -0.1) is 0 Å². The molecule has 0 radical (unpaired) electrons. The van der Waals surface area contributed by atoms with Gasteiger partial charge in [-0.25, -0.2) is 0 Å². The molecule has 1 fully saturated rings. The molecule has 1 aromatic carbocycles. The fraction of sp³-hybridized carbons (Fsp3) is 0.348. The lowest BCUT2D eigenvalue weighted by atomic mass is 9.98. The zero-order valence-corrected chi connectivity index (χ0v) is 16.4. The van der Waals surface area contributed by atoms with Gasteiger partial charge in [0.2, 0.25) is 5.56 Å².